The Morgan fingerprint density at radius 3 is 2.56 bits per heavy atom. The van der Waals surface area contributed by atoms with E-state index in [0.29, 0.717) is 12.3 Å². The van der Waals surface area contributed by atoms with Crippen molar-refractivity contribution in [1.29, 1.82) is 0 Å². The van der Waals surface area contributed by atoms with E-state index in [4.69, 9.17) is 5.11 Å². The van der Waals surface area contributed by atoms with Crippen LogP contribution in [0.5, 0.6) is 0 Å². The summed E-state index contributed by atoms with van der Waals surface area (Å²) in [4.78, 5) is 22.6. The van der Waals surface area contributed by atoms with Gasteiger partial charge in [-0.2, -0.15) is 0 Å². The lowest BCUT2D eigenvalue weighted by molar-refractivity contribution is -0.143. The molecule has 0 spiro atoms. The van der Waals surface area contributed by atoms with Crippen LogP contribution in [-0.2, 0) is 9.59 Å². The molecule has 1 aliphatic carbocycles. The molecule has 0 aromatic heterocycles. The summed E-state index contributed by atoms with van der Waals surface area (Å²) in [5.74, 6) is -0.457. The monoisotopic (exact) mass is 273 g/mol. The van der Waals surface area contributed by atoms with Gasteiger partial charge in [-0.3, -0.25) is 9.59 Å². The van der Waals surface area contributed by atoms with Gasteiger partial charge in [0.25, 0.3) is 0 Å². The van der Waals surface area contributed by atoms with Crippen LogP contribution in [0.2, 0.25) is 0 Å². The van der Waals surface area contributed by atoms with E-state index in [1.165, 1.54) is 0 Å². The van der Waals surface area contributed by atoms with Gasteiger partial charge in [0.15, 0.2) is 0 Å². The standard InChI is InChI=1S/C13H23NO3S/c1-13(2,3)18-8-11(15)14-7-9-5-4-6-10(9)12(16)17/h9-10H,4-8H2,1-3H3,(H,14,15)(H,16,17). The van der Waals surface area contributed by atoms with E-state index in [1.54, 1.807) is 11.8 Å². The molecule has 1 fully saturated rings. The second-order valence-corrected chi connectivity index (χ2v) is 7.64. The Hall–Kier alpha value is -0.710. The molecule has 0 heterocycles. The normalized spacial score (nSPS) is 23.9. The van der Waals surface area contributed by atoms with Crippen LogP contribution in [0.15, 0.2) is 0 Å². The van der Waals surface area contributed by atoms with E-state index >= 15 is 0 Å². The van der Waals surface area contributed by atoms with Crippen LogP contribution in [0.4, 0.5) is 0 Å². The Morgan fingerprint density at radius 1 is 1.33 bits per heavy atom. The Labute approximate surface area is 113 Å². The zero-order chi connectivity index (χ0) is 13.8. The molecule has 0 radical (unpaired) electrons. The van der Waals surface area contributed by atoms with Crippen molar-refractivity contribution in [2.45, 2.75) is 44.8 Å². The maximum Gasteiger partial charge on any atom is 0.306 e. The highest BCUT2D eigenvalue weighted by molar-refractivity contribution is 8.01. The summed E-state index contributed by atoms with van der Waals surface area (Å²) in [6.45, 7) is 6.72. The van der Waals surface area contributed by atoms with Crippen LogP contribution < -0.4 is 5.32 Å². The molecule has 104 valence electrons. The van der Waals surface area contributed by atoms with Gasteiger partial charge in [-0.1, -0.05) is 27.2 Å². The van der Waals surface area contributed by atoms with Gasteiger partial charge in [-0.15, -0.1) is 11.8 Å². The summed E-state index contributed by atoms with van der Waals surface area (Å²) in [5.41, 5.74) is 0. The molecule has 2 atom stereocenters. The zero-order valence-corrected chi connectivity index (χ0v) is 12.2. The first-order chi connectivity index (χ1) is 8.29. The van der Waals surface area contributed by atoms with Crippen LogP contribution in [0, 0.1) is 11.8 Å². The second-order valence-electron chi connectivity index (χ2n) is 5.84. The topological polar surface area (TPSA) is 66.4 Å². The first-order valence-corrected chi connectivity index (χ1v) is 7.41. The van der Waals surface area contributed by atoms with Crippen molar-refractivity contribution in [1.82, 2.24) is 5.32 Å². The van der Waals surface area contributed by atoms with Gasteiger partial charge in [-0.25, -0.2) is 0 Å². The van der Waals surface area contributed by atoms with E-state index in [2.05, 4.69) is 26.1 Å². The van der Waals surface area contributed by atoms with Crippen molar-refractivity contribution in [3.05, 3.63) is 0 Å². The molecule has 5 heteroatoms. The number of hydrogen-bond donors (Lipinski definition) is 2. The lowest BCUT2D eigenvalue weighted by atomic mass is 9.96. The molecule has 4 nitrogen and oxygen atoms in total. The summed E-state index contributed by atoms with van der Waals surface area (Å²) in [6, 6.07) is 0. The highest BCUT2D eigenvalue weighted by Gasteiger charge is 2.32. The highest BCUT2D eigenvalue weighted by atomic mass is 32.2. The van der Waals surface area contributed by atoms with Gasteiger partial charge in [0.1, 0.15) is 0 Å². The number of thioether (sulfide) groups is 1. The average Bonchev–Trinajstić information content (AvgIpc) is 2.70. The largest absolute Gasteiger partial charge is 0.481 e. The van der Waals surface area contributed by atoms with Crippen LogP contribution >= 0.6 is 11.8 Å². The maximum atomic E-state index is 11.6. The molecule has 2 unspecified atom stereocenters. The van der Waals surface area contributed by atoms with Crippen LogP contribution in [-0.4, -0.2) is 34.0 Å². The van der Waals surface area contributed by atoms with Crippen molar-refractivity contribution in [3.63, 3.8) is 0 Å². The predicted molar refractivity (Wildman–Crippen MR) is 73.7 cm³/mol. The average molecular weight is 273 g/mol. The van der Waals surface area contributed by atoms with Gasteiger partial charge in [0.2, 0.25) is 5.91 Å². The Balaban J connectivity index is 2.28. The number of aliphatic carboxylic acids is 1. The minimum absolute atomic E-state index is 0.00552. The first kappa shape index (κ1) is 15.3. The predicted octanol–water partition coefficient (Wildman–Crippen LogP) is 2.14. The first-order valence-electron chi connectivity index (χ1n) is 6.43. The number of hydrogen-bond acceptors (Lipinski definition) is 3. The number of carbonyl (C=O) groups excluding carboxylic acids is 1. The number of rotatable bonds is 5. The summed E-state index contributed by atoms with van der Waals surface area (Å²) in [7, 11) is 0. The Bertz CT molecular complexity index is 312. The number of carboxylic acid groups (broad SMARTS) is 1. The molecule has 1 amide bonds. The lowest BCUT2D eigenvalue weighted by Gasteiger charge is -2.19. The number of carboxylic acids is 1. The van der Waals surface area contributed by atoms with E-state index < -0.39 is 5.97 Å². The second kappa shape index (κ2) is 6.45. The molecule has 1 saturated carbocycles. The van der Waals surface area contributed by atoms with E-state index in [9.17, 15) is 9.59 Å². The van der Waals surface area contributed by atoms with Crippen molar-refractivity contribution >= 4 is 23.6 Å². The summed E-state index contributed by atoms with van der Waals surface area (Å²) >= 11 is 1.60. The van der Waals surface area contributed by atoms with Crippen molar-refractivity contribution in [2.75, 3.05) is 12.3 Å². The molecular formula is C13H23NO3S. The highest BCUT2D eigenvalue weighted by Crippen LogP contribution is 2.31. The van der Waals surface area contributed by atoms with Crippen molar-refractivity contribution < 1.29 is 14.7 Å². The van der Waals surface area contributed by atoms with Gasteiger partial charge in [0, 0.05) is 11.3 Å². The molecule has 18 heavy (non-hydrogen) atoms. The maximum absolute atomic E-state index is 11.6. The molecule has 0 aromatic rings. The molecular weight excluding hydrogens is 250 g/mol. The quantitative estimate of drug-likeness (QED) is 0.805. The van der Waals surface area contributed by atoms with Gasteiger partial charge in [-0.05, 0) is 18.8 Å². The van der Waals surface area contributed by atoms with Crippen LogP contribution in [0.25, 0.3) is 0 Å². The molecule has 2 N–H and O–H groups in total. The van der Waals surface area contributed by atoms with Crippen molar-refractivity contribution in [2.24, 2.45) is 11.8 Å². The smallest absolute Gasteiger partial charge is 0.306 e. The minimum atomic E-state index is -0.726. The molecule has 0 aromatic carbocycles. The molecule has 0 aliphatic heterocycles. The zero-order valence-electron chi connectivity index (χ0n) is 11.4. The van der Waals surface area contributed by atoms with Crippen LogP contribution in [0.3, 0.4) is 0 Å². The van der Waals surface area contributed by atoms with Gasteiger partial charge < -0.3 is 10.4 Å². The van der Waals surface area contributed by atoms with E-state index in [-0.39, 0.29) is 22.5 Å². The summed E-state index contributed by atoms with van der Waals surface area (Å²) in [6.07, 6.45) is 2.60. The molecule has 0 bridgehead atoms. The summed E-state index contributed by atoms with van der Waals surface area (Å²) < 4.78 is 0.0777. The Morgan fingerprint density at radius 2 is 2.00 bits per heavy atom. The minimum Gasteiger partial charge on any atom is -0.481 e. The molecule has 0 saturated heterocycles. The SMILES string of the molecule is CC(C)(C)SCC(=O)NCC1CCCC1C(=O)O. The van der Waals surface area contributed by atoms with E-state index in [1.807, 2.05) is 0 Å². The molecule has 1 rings (SSSR count). The fraction of sp³-hybridized carbons (Fsp3) is 0.846. The molecule has 1 aliphatic rings. The van der Waals surface area contributed by atoms with E-state index in [0.717, 1.165) is 19.3 Å². The lowest BCUT2D eigenvalue weighted by Crippen LogP contribution is -2.34. The third-order valence-electron chi connectivity index (χ3n) is 3.17. The van der Waals surface area contributed by atoms with Gasteiger partial charge >= 0.3 is 5.97 Å². The third-order valence-corrected chi connectivity index (χ3v) is 4.45. The van der Waals surface area contributed by atoms with Gasteiger partial charge in [0.05, 0.1) is 11.7 Å². The number of nitrogens with one attached hydrogen (secondary N) is 1. The fourth-order valence-corrected chi connectivity index (χ4v) is 2.85. The van der Waals surface area contributed by atoms with Crippen LogP contribution in [0.1, 0.15) is 40.0 Å². The number of carbonyl (C=O) groups is 2. The third kappa shape index (κ3) is 5.29. The fourth-order valence-electron chi connectivity index (χ4n) is 2.18. The Kier molecular flexibility index (Phi) is 5.50. The summed E-state index contributed by atoms with van der Waals surface area (Å²) in [5, 5.41) is 11.9. The van der Waals surface area contributed by atoms with Crippen molar-refractivity contribution in [3.8, 4) is 0 Å². The number of amides is 1.